The van der Waals surface area contributed by atoms with Gasteiger partial charge in [0.2, 0.25) is 0 Å². The molecule has 1 unspecified atom stereocenters. The van der Waals surface area contributed by atoms with Gasteiger partial charge in [0, 0.05) is 30.4 Å². The van der Waals surface area contributed by atoms with Gasteiger partial charge in [0.15, 0.2) is 0 Å². The summed E-state index contributed by atoms with van der Waals surface area (Å²) in [7, 11) is 1.99. The highest BCUT2D eigenvalue weighted by atomic mass is 19.1. The van der Waals surface area contributed by atoms with E-state index < -0.39 is 0 Å². The maximum Gasteiger partial charge on any atom is 0.128 e. The number of halogens is 1. The van der Waals surface area contributed by atoms with Crippen LogP contribution in [0.15, 0.2) is 48.5 Å². The first kappa shape index (κ1) is 13.1. The molecule has 0 fully saturated rings. The Labute approximate surface area is 119 Å². The Morgan fingerprint density at radius 3 is 2.70 bits per heavy atom. The quantitative estimate of drug-likeness (QED) is 0.918. The lowest BCUT2D eigenvalue weighted by atomic mass is 9.96. The number of benzene rings is 2. The van der Waals surface area contributed by atoms with Gasteiger partial charge in [-0.15, -0.1) is 0 Å². The van der Waals surface area contributed by atoms with Crippen LogP contribution in [-0.4, -0.2) is 13.6 Å². The van der Waals surface area contributed by atoms with E-state index in [1.165, 1.54) is 17.3 Å². The van der Waals surface area contributed by atoms with Crippen molar-refractivity contribution in [1.82, 2.24) is 5.32 Å². The molecular weight excluding hydrogens is 251 g/mol. The van der Waals surface area contributed by atoms with Crippen molar-refractivity contribution < 1.29 is 4.39 Å². The topological polar surface area (TPSA) is 15.3 Å². The van der Waals surface area contributed by atoms with Crippen molar-refractivity contribution in [1.29, 1.82) is 0 Å². The largest absolute Gasteiger partial charge is 0.367 e. The highest BCUT2D eigenvalue weighted by Crippen LogP contribution is 2.34. The Kier molecular flexibility index (Phi) is 3.70. The maximum absolute atomic E-state index is 13.8. The highest BCUT2D eigenvalue weighted by molar-refractivity contribution is 5.57. The van der Waals surface area contributed by atoms with Crippen LogP contribution in [0.4, 0.5) is 10.1 Å². The molecule has 1 atom stereocenters. The zero-order valence-electron chi connectivity index (χ0n) is 11.6. The molecule has 0 saturated carbocycles. The summed E-state index contributed by atoms with van der Waals surface area (Å²) in [5, 5.41) is 3.36. The lowest BCUT2D eigenvalue weighted by Gasteiger charge is -2.35. The number of nitrogens with zero attached hydrogens (tertiary/aromatic N) is 1. The van der Waals surface area contributed by atoms with Gasteiger partial charge in [0.1, 0.15) is 5.82 Å². The van der Waals surface area contributed by atoms with E-state index in [0.29, 0.717) is 12.6 Å². The van der Waals surface area contributed by atoms with Crippen molar-refractivity contribution in [2.45, 2.75) is 19.0 Å². The molecule has 0 bridgehead atoms. The molecule has 1 aliphatic rings. The number of rotatable bonds is 3. The van der Waals surface area contributed by atoms with E-state index in [4.69, 9.17) is 0 Å². The van der Waals surface area contributed by atoms with Crippen molar-refractivity contribution in [3.05, 3.63) is 65.5 Å². The molecule has 20 heavy (non-hydrogen) atoms. The predicted octanol–water partition coefficient (Wildman–Crippen LogP) is 3.50. The maximum atomic E-state index is 13.8. The molecule has 1 N–H and O–H groups in total. The molecule has 0 saturated heterocycles. The van der Waals surface area contributed by atoms with E-state index in [1.54, 1.807) is 6.07 Å². The molecule has 2 aromatic rings. The molecule has 1 heterocycles. The average Bonchev–Trinajstić information content (AvgIpc) is 2.50. The smallest absolute Gasteiger partial charge is 0.128 e. The first-order valence-electron chi connectivity index (χ1n) is 7.04. The summed E-state index contributed by atoms with van der Waals surface area (Å²) in [6.07, 6.45) is 1.04. The molecule has 0 aliphatic carbocycles. The molecule has 0 spiro atoms. The van der Waals surface area contributed by atoms with Gasteiger partial charge in [0.25, 0.3) is 0 Å². The highest BCUT2D eigenvalue weighted by Gasteiger charge is 2.23. The van der Waals surface area contributed by atoms with Crippen LogP contribution in [0.5, 0.6) is 0 Å². The lowest BCUT2D eigenvalue weighted by molar-refractivity contribution is 0.512. The predicted molar refractivity (Wildman–Crippen MR) is 80.3 cm³/mol. The average molecular weight is 270 g/mol. The number of anilines is 1. The molecule has 104 valence electrons. The Morgan fingerprint density at radius 1 is 1.15 bits per heavy atom. The summed E-state index contributed by atoms with van der Waals surface area (Å²) in [6, 6.07) is 15.8. The summed E-state index contributed by atoms with van der Waals surface area (Å²) in [4.78, 5) is 2.27. The van der Waals surface area contributed by atoms with Crippen LogP contribution in [-0.2, 0) is 6.54 Å². The second-order valence-electron chi connectivity index (χ2n) is 5.20. The Hall–Kier alpha value is -1.87. The van der Waals surface area contributed by atoms with Crippen LogP contribution >= 0.6 is 0 Å². The van der Waals surface area contributed by atoms with E-state index in [-0.39, 0.29) is 5.82 Å². The summed E-state index contributed by atoms with van der Waals surface area (Å²) in [5.41, 5.74) is 3.27. The monoisotopic (exact) mass is 270 g/mol. The molecule has 3 heteroatoms. The van der Waals surface area contributed by atoms with E-state index in [1.807, 2.05) is 25.2 Å². The van der Waals surface area contributed by atoms with Crippen molar-refractivity contribution in [2.24, 2.45) is 0 Å². The molecule has 3 rings (SSSR count). The molecule has 2 nitrogen and oxygen atoms in total. The minimum Gasteiger partial charge on any atom is -0.367 e. The Morgan fingerprint density at radius 2 is 1.90 bits per heavy atom. The normalized spacial score (nSPS) is 17.9. The third kappa shape index (κ3) is 2.41. The fourth-order valence-electron chi connectivity index (χ4n) is 2.93. The number of nitrogens with one attached hydrogen (secondary N) is 1. The van der Waals surface area contributed by atoms with Crippen LogP contribution in [0.25, 0.3) is 0 Å². The van der Waals surface area contributed by atoms with E-state index in [2.05, 4.69) is 28.4 Å². The van der Waals surface area contributed by atoms with Crippen LogP contribution < -0.4 is 10.2 Å². The minimum atomic E-state index is -0.124. The van der Waals surface area contributed by atoms with Gasteiger partial charge in [-0.2, -0.15) is 0 Å². The van der Waals surface area contributed by atoms with Crippen molar-refractivity contribution in [3.8, 4) is 0 Å². The number of hydrogen-bond donors (Lipinski definition) is 1. The van der Waals surface area contributed by atoms with Crippen molar-refractivity contribution >= 4 is 5.69 Å². The standard InChI is InChI=1S/C17H19FN2/c1-19-16-10-11-20(17-9-5-3-7-14(16)17)12-13-6-2-4-8-15(13)18/h2-9,16,19H,10-12H2,1H3. The zero-order chi connectivity index (χ0) is 13.9. The lowest BCUT2D eigenvalue weighted by Crippen LogP contribution is -2.34. The summed E-state index contributed by atoms with van der Waals surface area (Å²) in [6.45, 7) is 1.57. The van der Waals surface area contributed by atoms with Crippen LogP contribution in [0, 0.1) is 5.82 Å². The van der Waals surface area contributed by atoms with Gasteiger partial charge in [-0.05, 0) is 31.2 Å². The number of para-hydroxylation sites is 1. The van der Waals surface area contributed by atoms with Gasteiger partial charge in [0.05, 0.1) is 0 Å². The van der Waals surface area contributed by atoms with Crippen LogP contribution in [0.1, 0.15) is 23.6 Å². The third-order valence-corrected chi connectivity index (χ3v) is 4.01. The third-order valence-electron chi connectivity index (χ3n) is 4.01. The summed E-state index contributed by atoms with van der Waals surface area (Å²) in [5.74, 6) is -0.124. The van der Waals surface area contributed by atoms with E-state index in [9.17, 15) is 4.39 Å². The SMILES string of the molecule is CNC1CCN(Cc2ccccc2F)c2ccccc21. The second kappa shape index (κ2) is 5.63. The molecule has 0 aromatic heterocycles. The van der Waals surface area contributed by atoms with Gasteiger partial charge in [-0.25, -0.2) is 4.39 Å². The number of hydrogen-bond acceptors (Lipinski definition) is 2. The number of fused-ring (bicyclic) bond motifs is 1. The fraction of sp³-hybridized carbons (Fsp3) is 0.294. The molecule has 0 amide bonds. The Bertz CT molecular complexity index is 597. The second-order valence-corrected chi connectivity index (χ2v) is 5.20. The first-order chi connectivity index (χ1) is 9.79. The zero-order valence-corrected chi connectivity index (χ0v) is 11.6. The van der Waals surface area contributed by atoms with Gasteiger partial charge >= 0.3 is 0 Å². The van der Waals surface area contributed by atoms with Gasteiger partial charge in [-0.1, -0.05) is 36.4 Å². The van der Waals surface area contributed by atoms with Gasteiger partial charge in [-0.3, -0.25) is 0 Å². The molecule has 1 aliphatic heterocycles. The molecule has 0 radical (unpaired) electrons. The van der Waals surface area contributed by atoms with Crippen LogP contribution in [0.2, 0.25) is 0 Å². The summed E-state index contributed by atoms with van der Waals surface area (Å²) >= 11 is 0. The fourth-order valence-corrected chi connectivity index (χ4v) is 2.93. The molecule has 2 aromatic carbocycles. The van der Waals surface area contributed by atoms with Crippen LogP contribution in [0.3, 0.4) is 0 Å². The summed E-state index contributed by atoms with van der Waals surface area (Å²) < 4.78 is 13.8. The Balaban J connectivity index is 1.90. The van der Waals surface area contributed by atoms with E-state index >= 15 is 0 Å². The first-order valence-corrected chi connectivity index (χ1v) is 7.04. The molecular formula is C17H19FN2. The van der Waals surface area contributed by atoms with Crippen molar-refractivity contribution in [2.75, 3.05) is 18.5 Å². The van der Waals surface area contributed by atoms with E-state index in [0.717, 1.165) is 18.5 Å². The van der Waals surface area contributed by atoms with Crippen molar-refractivity contribution in [3.63, 3.8) is 0 Å². The minimum absolute atomic E-state index is 0.124. The van der Waals surface area contributed by atoms with Gasteiger partial charge < -0.3 is 10.2 Å².